The van der Waals surface area contributed by atoms with Gasteiger partial charge >= 0.3 is 0 Å². The maximum atomic E-state index is 12.6. The Kier molecular flexibility index (Phi) is 8.06. The van der Waals surface area contributed by atoms with Crippen LogP contribution in [0.25, 0.3) is 0 Å². The largest absolute Gasteiger partial charge is 0.504 e. The Morgan fingerprint density at radius 1 is 1.26 bits per heavy atom. The van der Waals surface area contributed by atoms with Crippen LogP contribution in [0.3, 0.4) is 0 Å². The fraction of sp³-hybridized carbons (Fsp3) is 0.391. The van der Waals surface area contributed by atoms with Gasteiger partial charge in [0.15, 0.2) is 11.5 Å². The van der Waals surface area contributed by atoms with Gasteiger partial charge in [-0.1, -0.05) is 12.1 Å². The average Bonchev–Trinajstić information content (AvgIpc) is 2.73. The number of carbonyl (C=O) groups is 2. The predicted octanol–water partition coefficient (Wildman–Crippen LogP) is 4.18. The van der Waals surface area contributed by atoms with Crippen molar-refractivity contribution < 1.29 is 24.2 Å². The van der Waals surface area contributed by atoms with Crippen LogP contribution in [0.4, 0.5) is 5.69 Å². The maximum absolute atomic E-state index is 12.6. The Balaban J connectivity index is 1.60. The van der Waals surface area contributed by atoms with E-state index in [0.29, 0.717) is 49.8 Å². The summed E-state index contributed by atoms with van der Waals surface area (Å²) in [4.78, 5) is 25.7. The first-order valence-electron chi connectivity index (χ1n) is 10.3. The Bertz CT molecular complexity index is 921. The van der Waals surface area contributed by atoms with Crippen molar-refractivity contribution >= 4 is 29.3 Å². The van der Waals surface area contributed by atoms with Gasteiger partial charge in [-0.15, -0.1) is 11.8 Å². The molecule has 0 saturated carbocycles. The highest BCUT2D eigenvalue weighted by Crippen LogP contribution is 2.40. The van der Waals surface area contributed by atoms with Crippen molar-refractivity contribution in [3.63, 3.8) is 0 Å². The van der Waals surface area contributed by atoms with Crippen LogP contribution in [0.5, 0.6) is 17.2 Å². The molecule has 1 aliphatic heterocycles. The van der Waals surface area contributed by atoms with Gasteiger partial charge in [0.1, 0.15) is 11.1 Å². The Hall–Kier alpha value is -2.87. The number of rotatable bonds is 9. The summed E-state index contributed by atoms with van der Waals surface area (Å²) in [5, 5.41) is 12.6. The molecule has 7 nitrogen and oxygen atoms in total. The van der Waals surface area contributed by atoms with Crippen molar-refractivity contribution in [3.8, 4) is 17.2 Å². The van der Waals surface area contributed by atoms with E-state index in [1.807, 2.05) is 36.1 Å². The van der Waals surface area contributed by atoms with Crippen LogP contribution in [-0.4, -0.2) is 47.3 Å². The van der Waals surface area contributed by atoms with Gasteiger partial charge in [-0.05, 0) is 43.2 Å². The molecule has 8 heteroatoms. The van der Waals surface area contributed by atoms with Crippen molar-refractivity contribution in [2.24, 2.45) is 0 Å². The minimum Gasteiger partial charge on any atom is -0.504 e. The van der Waals surface area contributed by atoms with E-state index in [1.54, 1.807) is 30.0 Å². The van der Waals surface area contributed by atoms with Crippen molar-refractivity contribution in [1.82, 2.24) is 4.90 Å². The van der Waals surface area contributed by atoms with Crippen LogP contribution >= 0.6 is 11.8 Å². The summed E-state index contributed by atoms with van der Waals surface area (Å²) < 4.78 is 11.3. The predicted molar refractivity (Wildman–Crippen MR) is 122 cm³/mol. The van der Waals surface area contributed by atoms with E-state index in [9.17, 15) is 14.7 Å². The maximum Gasteiger partial charge on any atom is 0.224 e. The summed E-state index contributed by atoms with van der Waals surface area (Å²) in [6.45, 7) is 4.79. The normalized spacial score (nSPS) is 16.1. The summed E-state index contributed by atoms with van der Waals surface area (Å²) >= 11 is 1.71. The van der Waals surface area contributed by atoms with E-state index in [4.69, 9.17) is 9.47 Å². The summed E-state index contributed by atoms with van der Waals surface area (Å²) in [7, 11) is 0. The minimum atomic E-state index is -0.133. The van der Waals surface area contributed by atoms with Gasteiger partial charge in [0.2, 0.25) is 11.8 Å². The molecule has 0 aromatic heterocycles. The van der Waals surface area contributed by atoms with E-state index < -0.39 is 0 Å². The number of ether oxygens (including phenoxy) is 2. The van der Waals surface area contributed by atoms with E-state index >= 15 is 0 Å². The number of hydrogen-bond donors (Lipinski definition) is 2. The molecule has 1 saturated heterocycles. The molecule has 0 spiro atoms. The van der Waals surface area contributed by atoms with Gasteiger partial charge in [-0.3, -0.25) is 9.59 Å². The molecule has 0 aliphatic carbocycles. The number of amides is 2. The second-order valence-electron chi connectivity index (χ2n) is 7.13. The van der Waals surface area contributed by atoms with Crippen LogP contribution in [0.15, 0.2) is 42.5 Å². The highest BCUT2D eigenvalue weighted by atomic mass is 32.2. The summed E-state index contributed by atoms with van der Waals surface area (Å²) in [6.07, 6.45) is 1.18. The number of thioether (sulfide) groups is 1. The second kappa shape index (κ2) is 10.9. The van der Waals surface area contributed by atoms with E-state index in [0.717, 1.165) is 11.3 Å². The number of phenolic OH excluding ortho intramolecular Hbond substituents is 1. The van der Waals surface area contributed by atoms with Gasteiger partial charge in [0.05, 0.1) is 13.2 Å². The van der Waals surface area contributed by atoms with Crippen LogP contribution < -0.4 is 14.8 Å². The molecule has 2 amide bonds. The molecule has 3 rings (SSSR count). The zero-order valence-electron chi connectivity index (χ0n) is 17.8. The van der Waals surface area contributed by atoms with Crippen LogP contribution in [0.1, 0.15) is 37.6 Å². The van der Waals surface area contributed by atoms with Crippen molar-refractivity contribution in [2.45, 2.75) is 32.1 Å². The lowest BCUT2D eigenvalue weighted by atomic mass is 10.1. The SMILES string of the molecule is CCOc1cc(C2SCCC(=O)N2CCCOc2cccc(NC(C)=O)c2)ccc1O. The smallest absolute Gasteiger partial charge is 0.224 e. The Morgan fingerprint density at radius 3 is 2.87 bits per heavy atom. The molecule has 1 aliphatic rings. The minimum absolute atomic E-state index is 0.0965. The third-order valence-corrected chi connectivity index (χ3v) is 6.01. The summed E-state index contributed by atoms with van der Waals surface area (Å²) in [5.41, 5.74) is 1.62. The fourth-order valence-electron chi connectivity index (χ4n) is 3.39. The first-order chi connectivity index (χ1) is 15.0. The van der Waals surface area contributed by atoms with Crippen LogP contribution in [0, 0.1) is 0 Å². The quantitative estimate of drug-likeness (QED) is 0.564. The molecule has 1 atom stereocenters. The monoisotopic (exact) mass is 444 g/mol. The van der Waals surface area contributed by atoms with Crippen LogP contribution in [-0.2, 0) is 9.59 Å². The van der Waals surface area contributed by atoms with E-state index in [1.165, 1.54) is 6.92 Å². The molecule has 2 aromatic carbocycles. The van der Waals surface area contributed by atoms with E-state index in [-0.39, 0.29) is 22.9 Å². The van der Waals surface area contributed by atoms with Crippen LogP contribution in [0.2, 0.25) is 0 Å². The molecule has 166 valence electrons. The number of carbonyl (C=O) groups excluding carboxylic acids is 2. The lowest BCUT2D eigenvalue weighted by Gasteiger charge is -2.35. The molecule has 31 heavy (non-hydrogen) atoms. The molecule has 2 aromatic rings. The number of nitrogens with zero attached hydrogens (tertiary/aromatic N) is 1. The molecule has 1 fully saturated rings. The van der Waals surface area contributed by atoms with E-state index in [2.05, 4.69) is 5.32 Å². The highest BCUT2D eigenvalue weighted by Gasteiger charge is 2.30. The molecule has 0 bridgehead atoms. The number of aromatic hydroxyl groups is 1. The Labute approximate surface area is 186 Å². The third kappa shape index (κ3) is 6.30. The number of phenols is 1. The highest BCUT2D eigenvalue weighted by molar-refractivity contribution is 7.99. The topological polar surface area (TPSA) is 88.1 Å². The molecule has 0 radical (unpaired) electrons. The lowest BCUT2D eigenvalue weighted by molar-refractivity contribution is -0.132. The molecule has 1 heterocycles. The molecular formula is C23H28N2O5S. The third-order valence-electron chi connectivity index (χ3n) is 4.73. The lowest BCUT2D eigenvalue weighted by Crippen LogP contribution is -2.38. The molecular weight excluding hydrogens is 416 g/mol. The number of benzene rings is 2. The molecule has 1 unspecified atom stereocenters. The van der Waals surface area contributed by atoms with Gasteiger partial charge < -0.3 is 24.8 Å². The number of nitrogens with one attached hydrogen (secondary N) is 1. The van der Waals surface area contributed by atoms with Crippen molar-refractivity contribution in [2.75, 3.05) is 30.8 Å². The summed E-state index contributed by atoms with van der Waals surface area (Å²) in [6, 6.07) is 12.5. The zero-order valence-corrected chi connectivity index (χ0v) is 18.6. The zero-order chi connectivity index (χ0) is 22.2. The van der Waals surface area contributed by atoms with Gasteiger partial charge in [0.25, 0.3) is 0 Å². The average molecular weight is 445 g/mol. The van der Waals surface area contributed by atoms with Crippen molar-refractivity contribution in [3.05, 3.63) is 48.0 Å². The van der Waals surface area contributed by atoms with Crippen molar-refractivity contribution in [1.29, 1.82) is 0 Å². The number of anilines is 1. The first kappa shape index (κ1) is 22.8. The Morgan fingerprint density at radius 2 is 2.10 bits per heavy atom. The second-order valence-corrected chi connectivity index (χ2v) is 8.32. The first-order valence-corrected chi connectivity index (χ1v) is 11.4. The van der Waals surface area contributed by atoms with Gasteiger partial charge in [-0.25, -0.2) is 0 Å². The van der Waals surface area contributed by atoms with Gasteiger partial charge in [0, 0.05) is 37.4 Å². The standard InChI is InChI=1S/C23H28N2O5S/c1-3-29-21-14-17(8-9-20(21)27)23-25(22(28)10-13-31-23)11-5-12-30-19-7-4-6-18(15-19)24-16(2)26/h4,6-9,14-15,23,27H,3,5,10-13H2,1-2H3,(H,24,26). The number of hydrogen-bond acceptors (Lipinski definition) is 6. The molecule has 2 N–H and O–H groups in total. The van der Waals surface area contributed by atoms with Gasteiger partial charge in [-0.2, -0.15) is 0 Å². The summed E-state index contributed by atoms with van der Waals surface area (Å²) in [5.74, 6) is 1.94. The fourth-order valence-corrected chi connectivity index (χ4v) is 4.65.